The Morgan fingerprint density at radius 2 is 2.00 bits per heavy atom. The molecule has 0 spiro atoms. The van der Waals surface area contributed by atoms with Gasteiger partial charge in [0.15, 0.2) is 0 Å². The largest absolute Gasteiger partial charge is 0.391 e. The minimum atomic E-state index is -3.46. The quantitative estimate of drug-likeness (QED) is 0.863. The molecule has 1 aromatic heterocycles. The fraction of sp³-hybridized carbons (Fsp3) is 0.636. The van der Waals surface area contributed by atoms with E-state index >= 15 is 0 Å². The van der Waals surface area contributed by atoms with Gasteiger partial charge < -0.3 is 5.11 Å². The SMILES string of the molecule is Cc1cc(S(=O)(=O)NC(C)C(C)C)sc1CO. The zero-order chi connectivity index (χ0) is 13.2. The van der Waals surface area contributed by atoms with Crippen molar-refractivity contribution in [2.45, 2.75) is 44.6 Å². The van der Waals surface area contributed by atoms with Gasteiger partial charge in [0, 0.05) is 10.9 Å². The molecular formula is C11H19NO3S2. The third-order valence-electron chi connectivity index (χ3n) is 2.75. The normalized spacial score (nSPS) is 14.2. The van der Waals surface area contributed by atoms with Crippen LogP contribution in [0.1, 0.15) is 31.2 Å². The summed E-state index contributed by atoms with van der Waals surface area (Å²) in [6.45, 7) is 7.45. The van der Waals surface area contributed by atoms with Gasteiger partial charge in [-0.05, 0) is 31.4 Å². The molecule has 2 N–H and O–H groups in total. The van der Waals surface area contributed by atoms with Crippen molar-refractivity contribution in [3.05, 3.63) is 16.5 Å². The second-order valence-electron chi connectivity index (χ2n) is 4.48. The molecular weight excluding hydrogens is 258 g/mol. The van der Waals surface area contributed by atoms with E-state index in [4.69, 9.17) is 5.11 Å². The first kappa shape index (κ1) is 14.6. The van der Waals surface area contributed by atoms with Gasteiger partial charge in [0.2, 0.25) is 10.0 Å². The van der Waals surface area contributed by atoms with Crippen molar-refractivity contribution in [3.63, 3.8) is 0 Å². The highest BCUT2D eigenvalue weighted by Crippen LogP contribution is 2.26. The van der Waals surface area contributed by atoms with Gasteiger partial charge in [0.05, 0.1) is 6.61 Å². The predicted molar refractivity (Wildman–Crippen MR) is 69.6 cm³/mol. The Bertz CT molecular complexity index is 477. The fourth-order valence-corrected chi connectivity index (χ4v) is 4.07. The zero-order valence-corrected chi connectivity index (χ0v) is 12.2. The molecule has 1 rings (SSSR count). The average Bonchev–Trinajstić information content (AvgIpc) is 2.59. The van der Waals surface area contributed by atoms with Crippen LogP contribution in [0.4, 0.5) is 0 Å². The van der Waals surface area contributed by atoms with Gasteiger partial charge in [0.1, 0.15) is 4.21 Å². The van der Waals surface area contributed by atoms with Gasteiger partial charge in [0.25, 0.3) is 0 Å². The third-order valence-corrected chi connectivity index (χ3v) is 6.00. The van der Waals surface area contributed by atoms with Gasteiger partial charge in [-0.15, -0.1) is 11.3 Å². The average molecular weight is 277 g/mol. The Labute approximate surface area is 107 Å². The Morgan fingerprint density at radius 3 is 2.41 bits per heavy atom. The first-order chi connectivity index (χ1) is 7.77. The molecule has 0 aromatic carbocycles. The van der Waals surface area contributed by atoms with Crippen molar-refractivity contribution in [3.8, 4) is 0 Å². The molecule has 0 saturated carbocycles. The molecule has 0 fully saturated rings. The number of aryl methyl sites for hydroxylation is 1. The van der Waals surface area contributed by atoms with Crippen LogP contribution in [0.3, 0.4) is 0 Å². The minimum Gasteiger partial charge on any atom is -0.391 e. The number of hydrogen-bond acceptors (Lipinski definition) is 4. The van der Waals surface area contributed by atoms with Crippen molar-refractivity contribution in [1.29, 1.82) is 0 Å². The number of nitrogens with one attached hydrogen (secondary N) is 1. The topological polar surface area (TPSA) is 66.4 Å². The van der Waals surface area contributed by atoms with E-state index in [1.807, 2.05) is 20.8 Å². The van der Waals surface area contributed by atoms with Crippen LogP contribution in [0.25, 0.3) is 0 Å². The van der Waals surface area contributed by atoms with Crippen LogP contribution >= 0.6 is 11.3 Å². The Morgan fingerprint density at radius 1 is 1.41 bits per heavy atom. The molecule has 98 valence electrons. The smallest absolute Gasteiger partial charge is 0.250 e. The summed E-state index contributed by atoms with van der Waals surface area (Å²) < 4.78 is 27.0. The van der Waals surface area contributed by atoms with Gasteiger partial charge >= 0.3 is 0 Å². The predicted octanol–water partition coefficient (Wildman–Crippen LogP) is 1.87. The van der Waals surface area contributed by atoms with Gasteiger partial charge in [-0.3, -0.25) is 0 Å². The van der Waals surface area contributed by atoms with Crippen molar-refractivity contribution < 1.29 is 13.5 Å². The van der Waals surface area contributed by atoms with E-state index in [1.165, 1.54) is 0 Å². The fourth-order valence-electron chi connectivity index (χ4n) is 1.22. The molecule has 0 aliphatic carbocycles. The highest BCUT2D eigenvalue weighted by atomic mass is 32.2. The monoisotopic (exact) mass is 277 g/mol. The molecule has 4 nitrogen and oxygen atoms in total. The lowest BCUT2D eigenvalue weighted by atomic mass is 10.1. The number of aliphatic hydroxyl groups is 1. The highest BCUT2D eigenvalue weighted by molar-refractivity contribution is 7.91. The number of hydrogen-bond donors (Lipinski definition) is 2. The van der Waals surface area contributed by atoms with Crippen molar-refractivity contribution in [2.75, 3.05) is 0 Å². The molecule has 1 atom stereocenters. The van der Waals surface area contributed by atoms with E-state index < -0.39 is 10.0 Å². The van der Waals surface area contributed by atoms with Crippen LogP contribution < -0.4 is 4.72 Å². The van der Waals surface area contributed by atoms with E-state index in [-0.39, 0.29) is 22.8 Å². The maximum atomic E-state index is 12.0. The molecule has 0 saturated heterocycles. The highest BCUT2D eigenvalue weighted by Gasteiger charge is 2.22. The van der Waals surface area contributed by atoms with Crippen LogP contribution in [0.15, 0.2) is 10.3 Å². The Balaban J connectivity index is 2.97. The zero-order valence-electron chi connectivity index (χ0n) is 10.5. The molecule has 1 unspecified atom stereocenters. The summed E-state index contributed by atoms with van der Waals surface area (Å²) in [5.74, 6) is 0.239. The summed E-state index contributed by atoms with van der Waals surface area (Å²) in [5.41, 5.74) is 0.815. The maximum Gasteiger partial charge on any atom is 0.250 e. The summed E-state index contributed by atoms with van der Waals surface area (Å²) in [6.07, 6.45) is 0. The number of aliphatic hydroxyl groups excluding tert-OH is 1. The molecule has 1 heterocycles. The summed E-state index contributed by atoms with van der Waals surface area (Å²) in [6, 6.07) is 1.49. The van der Waals surface area contributed by atoms with Crippen LogP contribution in [0.2, 0.25) is 0 Å². The van der Waals surface area contributed by atoms with Crippen LogP contribution in [0, 0.1) is 12.8 Å². The van der Waals surface area contributed by atoms with E-state index in [9.17, 15) is 8.42 Å². The molecule has 0 amide bonds. The molecule has 0 aliphatic heterocycles. The number of thiophene rings is 1. The number of rotatable bonds is 5. The van der Waals surface area contributed by atoms with Crippen molar-refractivity contribution in [1.82, 2.24) is 4.72 Å². The Hall–Kier alpha value is -0.430. The molecule has 6 heteroatoms. The lowest BCUT2D eigenvalue weighted by Crippen LogP contribution is -2.35. The summed E-state index contributed by atoms with van der Waals surface area (Å²) >= 11 is 1.12. The van der Waals surface area contributed by atoms with E-state index in [0.717, 1.165) is 16.9 Å². The lowest BCUT2D eigenvalue weighted by molar-refractivity contribution is 0.285. The van der Waals surface area contributed by atoms with Crippen LogP contribution in [-0.4, -0.2) is 19.6 Å². The molecule has 17 heavy (non-hydrogen) atoms. The second kappa shape index (κ2) is 5.48. The van der Waals surface area contributed by atoms with Gasteiger partial charge in [-0.1, -0.05) is 13.8 Å². The van der Waals surface area contributed by atoms with E-state index in [1.54, 1.807) is 13.0 Å². The van der Waals surface area contributed by atoms with Crippen LogP contribution in [0.5, 0.6) is 0 Å². The van der Waals surface area contributed by atoms with Gasteiger partial charge in [-0.2, -0.15) is 0 Å². The molecule has 0 radical (unpaired) electrons. The van der Waals surface area contributed by atoms with Crippen LogP contribution in [-0.2, 0) is 16.6 Å². The van der Waals surface area contributed by atoms with Crippen molar-refractivity contribution >= 4 is 21.4 Å². The summed E-state index contributed by atoms with van der Waals surface area (Å²) in [5, 5.41) is 9.06. The van der Waals surface area contributed by atoms with E-state index in [2.05, 4.69) is 4.72 Å². The minimum absolute atomic E-state index is 0.111. The Kier molecular flexibility index (Phi) is 4.71. The number of sulfonamides is 1. The second-order valence-corrected chi connectivity index (χ2v) is 7.56. The van der Waals surface area contributed by atoms with E-state index in [0.29, 0.717) is 4.88 Å². The first-order valence-corrected chi connectivity index (χ1v) is 7.80. The molecule has 1 aromatic rings. The first-order valence-electron chi connectivity index (χ1n) is 5.50. The maximum absolute atomic E-state index is 12.0. The molecule has 0 bridgehead atoms. The van der Waals surface area contributed by atoms with Crippen molar-refractivity contribution in [2.24, 2.45) is 5.92 Å². The summed E-state index contributed by atoms with van der Waals surface area (Å²) in [4.78, 5) is 0.697. The molecule has 0 aliphatic rings. The van der Waals surface area contributed by atoms with Gasteiger partial charge in [-0.25, -0.2) is 13.1 Å². The standard InChI is InChI=1S/C11H19NO3S2/c1-7(2)9(4)12-17(14,15)11-5-8(3)10(6-13)16-11/h5,7,9,12-13H,6H2,1-4H3. The summed E-state index contributed by atoms with van der Waals surface area (Å²) in [7, 11) is -3.46. The third kappa shape index (κ3) is 3.51. The lowest BCUT2D eigenvalue weighted by Gasteiger charge is -2.16.